The minimum Gasteiger partial charge on any atom is -0.481 e. The zero-order valence-electron chi connectivity index (χ0n) is 23.2. The Bertz CT molecular complexity index is 872. The van der Waals surface area contributed by atoms with E-state index in [2.05, 4.69) is 20.9 Å². The van der Waals surface area contributed by atoms with Crippen LogP contribution in [-0.4, -0.2) is 122 Å². The van der Waals surface area contributed by atoms with Crippen LogP contribution in [0.15, 0.2) is 6.20 Å². The van der Waals surface area contributed by atoms with Crippen LogP contribution in [0.3, 0.4) is 0 Å². The van der Waals surface area contributed by atoms with Crippen molar-refractivity contribution in [2.75, 3.05) is 60.0 Å². The molecule has 0 spiro atoms. The number of hydrogen-bond donors (Lipinski definition) is 4. The fraction of sp³-hybridized carbons (Fsp3) is 0.750. The van der Waals surface area contributed by atoms with Gasteiger partial charge in [0, 0.05) is 26.5 Å². The SMILES string of the molecule is COCCOCCOCCOCCOCc1cn(CCCC[C@H](NC(=O)N[C@@H](CCC(=O)O)C(=O)O)OC=O)nn1. The number of carbonyl (C=O) groups excluding carboxylic acids is 2. The predicted octanol–water partition coefficient (Wildman–Crippen LogP) is -0.222. The van der Waals surface area contributed by atoms with Crippen molar-refractivity contribution >= 4 is 24.4 Å². The summed E-state index contributed by atoms with van der Waals surface area (Å²) in [5, 5.41) is 30.4. The molecule has 17 nitrogen and oxygen atoms in total. The third-order valence-corrected chi connectivity index (χ3v) is 5.25. The number of aromatic nitrogens is 3. The van der Waals surface area contributed by atoms with Gasteiger partial charge < -0.3 is 49.3 Å². The van der Waals surface area contributed by atoms with Gasteiger partial charge >= 0.3 is 18.0 Å². The summed E-state index contributed by atoms with van der Waals surface area (Å²) in [4.78, 5) is 44.8. The van der Waals surface area contributed by atoms with E-state index in [4.69, 9.17) is 38.6 Å². The number of aryl methyl sites for hydroxylation is 1. The number of unbranched alkanes of at least 4 members (excludes halogenated alkanes) is 1. The van der Waals surface area contributed by atoms with Gasteiger partial charge in [0.1, 0.15) is 11.7 Å². The maximum atomic E-state index is 12.1. The first-order valence-corrected chi connectivity index (χ1v) is 13.1. The summed E-state index contributed by atoms with van der Waals surface area (Å²) in [7, 11) is 1.62. The first-order chi connectivity index (χ1) is 19.8. The highest BCUT2D eigenvalue weighted by atomic mass is 16.6. The van der Waals surface area contributed by atoms with E-state index in [0.29, 0.717) is 77.9 Å². The number of carboxylic acid groups (broad SMARTS) is 2. The van der Waals surface area contributed by atoms with E-state index in [1.54, 1.807) is 18.0 Å². The second-order valence-electron chi connectivity index (χ2n) is 8.51. The van der Waals surface area contributed by atoms with Crippen LogP contribution in [0.25, 0.3) is 0 Å². The topological polar surface area (TPSA) is 219 Å². The normalized spacial score (nSPS) is 12.4. The molecule has 1 aromatic heterocycles. The van der Waals surface area contributed by atoms with Gasteiger partial charge in [-0.1, -0.05) is 5.21 Å². The first-order valence-electron chi connectivity index (χ1n) is 13.1. The van der Waals surface area contributed by atoms with Gasteiger partial charge in [0.05, 0.1) is 65.7 Å². The third kappa shape index (κ3) is 19.4. The number of ether oxygens (including phenoxy) is 6. The fourth-order valence-corrected chi connectivity index (χ4v) is 3.21. The molecule has 1 heterocycles. The van der Waals surface area contributed by atoms with E-state index in [9.17, 15) is 19.2 Å². The number of carbonyl (C=O) groups is 4. The Morgan fingerprint density at radius 2 is 1.56 bits per heavy atom. The number of nitrogens with one attached hydrogen (secondary N) is 2. The Labute approximate surface area is 237 Å². The molecule has 0 saturated carbocycles. The molecule has 2 atom stereocenters. The van der Waals surface area contributed by atoms with E-state index < -0.39 is 36.7 Å². The van der Waals surface area contributed by atoms with E-state index in [1.807, 2.05) is 0 Å². The van der Waals surface area contributed by atoms with E-state index in [1.165, 1.54) is 0 Å². The Kier molecular flexibility index (Phi) is 20.3. The molecule has 1 rings (SSSR count). The van der Waals surface area contributed by atoms with Crippen LogP contribution in [0.4, 0.5) is 4.79 Å². The average molecular weight is 592 g/mol. The zero-order valence-corrected chi connectivity index (χ0v) is 23.2. The van der Waals surface area contributed by atoms with Crippen LogP contribution in [0.5, 0.6) is 0 Å². The molecule has 41 heavy (non-hydrogen) atoms. The zero-order chi connectivity index (χ0) is 30.1. The third-order valence-electron chi connectivity index (χ3n) is 5.25. The number of nitrogens with zero attached hydrogens (tertiary/aromatic N) is 3. The molecule has 0 radical (unpaired) electrons. The van der Waals surface area contributed by atoms with Gasteiger partial charge in [-0.05, 0) is 19.3 Å². The molecule has 0 bridgehead atoms. The summed E-state index contributed by atoms with van der Waals surface area (Å²) in [6, 6.07) is -2.29. The molecule has 0 unspecified atom stereocenters. The average Bonchev–Trinajstić information content (AvgIpc) is 3.39. The molecule has 0 aromatic carbocycles. The van der Waals surface area contributed by atoms with Crippen molar-refractivity contribution in [1.29, 1.82) is 0 Å². The molecule has 0 saturated heterocycles. The number of methoxy groups -OCH3 is 1. The van der Waals surface area contributed by atoms with E-state index in [-0.39, 0.29) is 25.9 Å². The standard InChI is InChI=1S/C24H41N5O12/c1-36-8-9-37-10-11-38-12-13-39-14-15-40-17-19-16-29(28-27-19)7-3-2-4-21(41-18-30)26-24(35)25-20(23(33)34)5-6-22(31)32/h16,18,20-21H,2-15,17H2,1H3,(H,31,32)(H,33,34)(H2,25,26,35)/t20-,21+/m0/s1. The summed E-state index contributed by atoms with van der Waals surface area (Å²) in [5.74, 6) is -2.57. The Morgan fingerprint density at radius 1 is 0.927 bits per heavy atom. The molecule has 234 valence electrons. The predicted molar refractivity (Wildman–Crippen MR) is 139 cm³/mol. The highest BCUT2D eigenvalue weighted by molar-refractivity contribution is 5.83. The maximum Gasteiger partial charge on any atom is 0.326 e. The monoisotopic (exact) mass is 591 g/mol. The Morgan fingerprint density at radius 3 is 2.15 bits per heavy atom. The van der Waals surface area contributed by atoms with Crippen LogP contribution >= 0.6 is 0 Å². The minimum atomic E-state index is -1.40. The van der Waals surface area contributed by atoms with Crippen molar-refractivity contribution in [3.05, 3.63) is 11.9 Å². The lowest BCUT2D eigenvalue weighted by Gasteiger charge is -2.19. The summed E-state index contributed by atoms with van der Waals surface area (Å²) < 4.78 is 33.0. The fourth-order valence-electron chi connectivity index (χ4n) is 3.21. The maximum absolute atomic E-state index is 12.1. The summed E-state index contributed by atoms with van der Waals surface area (Å²) in [5.41, 5.74) is 0.651. The minimum absolute atomic E-state index is 0.176. The van der Waals surface area contributed by atoms with Crippen molar-refractivity contribution in [2.45, 2.75) is 57.5 Å². The van der Waals surface area contributed by atoms with Gasteiger partial charge in [0.25, 0.3) is 6.47 Å². The summed E-state index contributed by atoms with van der Waals surface area (Å²) in [6.07, 6.45) is 1.45. The molecule has 0 aliphatic carbocycles. The second-order valence-corrected chi connectivity index (χ2v) is 8.51. The lowest BCUT2D eigenvalue weighted by molar-refractivity contribution is -0.141. The quantitative estimate of drug-likeness (QED) is 0.0590. The largest absolute Gasteiger partial charge is 0.481 e. The van der Waals surface area contributed by atoms with E-state index in [0.717, 1.165) is 0 Å². The van der Waals surface area contributed by atoms with Crippen LogP contribution in [0.2, 0.25) is 0 Å². The lowest BCUT2D eigenvalue weighted by atomic mass is 10.1. The lowest BCUT2D eigenvalue weighted by Crippen LogP contribution is -2.49. The second kappa shape index (κ2) is 23.3. The molecule has 0 aliphatic heterocycles. The van der Waals surface area contributed by atoms with Gasteiger partial charge in [-0.3, -0.25) is 14.3 Å². The van der Waals surface area contributed by atoms with Gasteiger partial charge in [0.15, 0.2) is 6.23 Å². The molecule has 0 fully saturated rings. The highest BCUT2D eigenvalue weighted by Gasteiger charge is 2.22. The summed E-state index contributed by atoms with van der Waals surface area (Å²) in [6.45, 7) is 4.78. The Hall–Kier alpha value is -3.38. The van der Waals surface area contributed by atoms with Crippen LogP contribution in [-0.2, 0) is 56.0 Å². The first kappa shape index (κ1) is 35.6. The molecule has 2 amide bonds. The van der Waals surface area contributed by atoms with Gasteiger partial charge in [-0.2, -0.15) is 0 Å². The number of amides is 2. The summed E-state index contributed by atoms with van der Waals surface area (Å²) >= 11 is 0. The van der Waals surface area contributed by atoms with Crippen molar-refractivity contribution in [2.24, 2.45) is 0 Å². The number of urea groups is 1. The van der Waals surface area contributed by atoms with Crippen LogP contribution < -0.4 is 10.6 Å². The van der Waals surface area contributed by atoms with Crippen LogP contribution in [0, 0.1) is 0 Å². The molecule has 1 aromatic rings. The van der Waals surface area contributed by atoms with Crippen LogP contribution in [0.1, 0.15) is 37.8 Å². The molecule has 0 aliphatic rings. The van der Waals surface area contributed by atoms with Gasteiger partial charge in [-0.25, -0.2) is 9.59 Å². The molecular weight excluding hydrogens is 550 g/mol. The highest BCUT2D eigenvalue weighted by Crippen LogP contribution is 2.06. The van der Waals surface area contributed by atoms with Gasteiger partial charge in [0.2, 0.25) is 0 Å². The van der Waals surface area contributed by atoms with Crippen molar-refractivity contribution in [3.63, 3.8) is 0 Å². The Balaban J connectivity index is 2.17. The molecule has 17 heteroatoms. The van der Waals surface area contributed by atoms with E-state index >= 15 is 0 Å². The molecule has 4 N–H and O–H groups in total. The van der Waals surface area contributed by atoms with Crippen molar-refractivity contribution < 1.29 is 57.8 Å². The van der Waals surface area contributed by atoms with Crippen molar-refractivity contribution in [1.82, 2.24) is 25.6 Å². The number of carboxylic acids is 2. The van der Waals surface area contributed by atoms with Crippen molar-refractivity contribution in [3.8, 4) is 0 Å². The van der Waals surface area contributed by atoms with Gasteiger partial charge in [-0.15, -0.1) is 5.10 Å². The smallest absolute Gasteiger partial charge is 0.326 e. The molecular formula is C24H41N5O12. The number of hydrogen-bond acceptors (Lipinski definition) is 12. The number of aliphatic carboxylic acids is 2. The number of rotatable bonds is 27.